The van der Waals surface area contributed by atoms with Crippen molar-refractivity contribution < 1.29 is 13.2 Å². The molecule has 0 aromatic carbocycles. The topological polar surface area (TPSA) is 92.5 Å². The number of hydrogen-bond donors (Lipinski definition) is 2. The van der Waals surface area contributed by atoms with Gasteiger partial charge in [0, 0.05) is 24.5 Å². The molecule has 1 aliphatic heterocycles. The first-order valence-corrected chi connectivity index (χ1v) is 8.28. The third kappa shape index (κ3) is 2.97. The third-order valence-electron chi connectivity index (χ3n) is 3.29. The summed E-state index contributed by atoms with van der Waals surface area (Å²) in [5, 5.41) is 8.31. The molecule has 1 atom stereocenters. The number of amides is 1. The summed E-state index contributed by atoms with van der Waals surface area (Å²) in [7, 11) is -2.02. The van der Waals surface area contributed by atoms with Crippen molar-refractivity contribution in [1.82, 2.24) is 10.2 Å². The first-order valence-electron chi connectivity index (χ1n) is 5.92. The number of carbonyl (C=O) groups excluding carboxylic acids is 1. The van der Waals surface area contributed by atoms with Crippen LogP contribution in [0.15, 0.2) is 11.0 Å². The number of thiophene rings is 1. The summed E-state index contributed by atoms with van der Waals surface area (Å²) < 4.78 is 22.7. The minimum Gasteiger partial charge on any atom is -0.337 e. The quantitative estimate of drug-likeness (QED) is 0.830. The zero-order valence-corrected chi connectivity index (χ0v) is 12.5. The van der Waals surface area contributed by atoms with Crippen molar-refractivity contribution in [2.24, 2.45) is 5.14 Å². The highest BCUT2D eigenvalue weighted by molar-refractivity contribution is 7.89. The zero-order chi connectivity index (χ0) is 14.2. The molecule has 0 saturated carbocycles. The molecule has 6 nitrogen and oxygen atoms in total. The minimum absolute atomic E-state index is 0.0406. The number of likely N-dealkylation sites (N-methyl/N-ethyl adjacent to an activating group) is 1. The van der Waals surface area contributed by atoms with Crippen LogP contribution in [-0.4, -0.2) is 45.4 Å². The Bertz CT molecular complexity index is 588. The van der Waals surface area contributed by atoms with Gasteiger partial charge < -0.3 is 10.2 Å². The van der Waals surface area contributed by atoms with Gasteiger partial charge in [0.25, 0.3) is 5.91 Å². The van der Waals surface area contributed by atoms with Crippen LogP contribution >= 0.6 is 11.3 Å². The van der Waals surface area contributed by atoms with Gasteiger partial charge in [-0.25, -0.2) is 13.6 Å². The van der Waals surface area contributed by atoms with Gasteiger partial charge in [-0.3, -0.25) is 4.79 Å². The average molecular weight is 303 g/mol. The Labute approximate surface area is 116 Å². The van der Waals surface area contributed by atoms with Gasteiger partial charge in [-0.15, -0.1) is 11.3 Å². The zero-order valence-electron chi connectivity index (χ0n) is 10.8. The number of nitrogens with zero attached hydrogens (tertiary/aromatic N) is 1. The van der Waals surface area contributed by atoms with Gasteiger partial charge in [0.1, 0.15) is 0 Å². The van der Waals surface area contributed by atoms with E-state index in [-0.39, 0.29) is 16.8 Å². The van der Waals surface area contributed by atoms with Gasteiger partial charge in [-0.1, -0.05) is 0 Å². The lowest BCUT2D eigenvalue weighted by Crippen LogP contribution is -2.38. The molecule has 106 valence electrons. The van der Waals surface area contributed by atoms with Gasteiger partial charge in [0.2, 0.25) is 10.0 Å². The molecule has 19 heavy (non-hydrogen) atoms. The fourth-order valence-corrected chi connectivity index (χ4v) is 4.29. The largest absolute Gasteiger partial charge is 0.337 e. The summed E-state index contributed by atoms with van der Waals surface area (Å²) in [4.78, 5) is 15.0. The fourth-order valence-electron chi connectivity index (χ4n) is 2.16. The molecule has 8 heteroatoms. The van der Waals surface area contributed by atoms with Crippen LogP contribution < -0.4 is 10.5 Å². The molecule has 1 saturated heterocycles. The maximum atomic E-state index is 12.3. The van der Waals surface area contributed by atoms with Crippen molar-refractivity contribution in [3.63, 3.8) is 0 Å². The first kappa shape index (κ1) is 14.4. The predicted molar refractivity (Wildman–Crippen MR) is 73.8 cm³/mol. The lowest BCUT2D eigenvalue weighted by molar-refractivity contribution is 0.0748. The molecule has 0 bridgehead atoms. The maximum absolute atomic E-state index is 12.3. The monoisotopic (exact) mass is 303 g/mol. The lowest BCUT2D eigenvalue weighted by Gasteiger charge is -2.22. The van der Waals surface area contributed by atoms with Crippen molar-refractivity contribution in [1.29, 1.82) is 0 Å². The average Bonchev–Trinajstić information content (AvgIpc) is 2.94. The van der Waals surface area contributed by atoms with Crippen molar-refractivity contribution in [3.05, 3.63) is 15.8 Å². The second kappa shape index (κ2) is 5.20. The molecule has 2 rings (SSSR count). The molecule has 1 aromatic heterocycles. The summed E-state index contributed by atoms with van der Waals surface area (Å²) in [6.45, 7) is 3.32. The molecule has 0 radical (unpaired) electrons. The molecule has 1 amide bonds. The first-order chi connectivity index (χ1) is 8.80. The number of hydrogen-bond acceptors (Lipinski definition) is 5. The van der Waals surface area contributed by atoms with Crippen LogP contribution in [0.2, 0.25) is 0 Å². The molecule has 1 aliphatic rings. The summed E-state index contributed by atoms with van der Waals surface area (Å²) in [6, 6.07) is 1.53. The highest BCUT2D eigenvalue weighted by atomic mass is 32.2. The van der Waals surface area contributed by atoms with Gasteiger partial charge in [-0.05, 0) is 26.0 Å². The Kier molecular flexibility index (Phi) is 3.95. The van der Waals surface area contributed by atoms with Gasteiger partial charge >= 0.3 is 0 Å². The Balaban J connectivity index is 2.25. The van der Waals surface area contributed by atoms with Crippen LogP contribution in [0.1, 0.15) is 21.0 Å². The van der Waals surface area contributed by atoms with E-state index in [9.17, 15) is 13.2 Å². The molecule has 3 N–H and O–H groups in total. The molecule has 2 heterocycles. The van der Waals surface area contributed by atoms with Crippen molar-refractivity contribution in [2.75, 3.05) is 20.1 Å². The number of sulfonamides is 1. The number of primary sulfonamides is 1. The Morgan fingerprint density at radius 1 is 1.58 bits per heavy atom. The van der Waals surface area contributed by atoms with Gasteiger partial charge in [0.15, 0.2) is 0 Å². The second-order valence-electron chi connectivity index (χ2n) is 4.64. The fraction of sp³-hybridized carbons (Fsp3) is 0.545. The van der Waals surface area contributed by atoms with E-state index in [1.165, 1.54) is 17.4 Å². The van der Waals surface area contributed by atoms with E-state index in [2.05, 4.69) is 5.32 Å². The standard InChI is InChI=1S/C11H17N3O3S2/c1-7-10(19(12,16)17)5-9(18-7)11(15)14(2)8-3-4-13-6-8/h5,8,13H,3-4,6H2,1-2H3,(H2,12,16,17). The van der Waals surface area contributed by atoms with Crippen LogP contribution in [0.25, 0.3) is 0 Å². The molecular weight excluding hydrogens is 286 g/mol. The molecule has 1 aromatic rings. The summed E-state index contributed by atoms with van der Waals surface area (Å²) in [6.07, 6.45) is 0.911. The van der Waals surface area contributed by atoms with E-state index in [0.717, 1.165) is 19.5 Å². The maximum Gasteiger partial charge on any atom is 0.264 e. The van der Waals surface area contributed by atoms with Crippen LogP contribution in [0, 0.1) is 6.92 Å². The Morgan fingerprint density at radius 3 is 2.74 bits per heavy atom. The summed E-state index contributed by atoms with van der Waals surface area (Å²) in [5.74, 6) is -0.156. The normalized spacial score (nSPS) is 19.6. The highest BCUT2D eigenvalue weighted by Crippen LogP contribution is 2.26. The number of aryl methyl sites for hydroxylation is 1. The summed E-state index contributed by atoms with van der Waals surface area (Å²) in [5.41, 5.74) is 0. The molecule has 1 unspecified atom stereocenters. The van der Waals surface area contributed by atoms with Crippen molar-refractivity contribution in [2.45, 2.75) is 24.3 Å². The van der Waals surface area contributed by atoms with Crippen LogP contribution in [-0.2, 0) is 10.0 Å². The molecule has 0 aliphatic carbocycles. The van der Waals surface area contributed by atoms with Crippen molar-refractivity contribution >= 4 is 27.3 Å². The van der Waals surface area contributed by atoms with Crippen LogP contribution in [0.3, 0.4) is 0 Å². The predicted octanol–water partition coefficient (Wildman–Crippen LogP) is 0.138. The van der Waals surface area contributed by atoms with Gasteiger partial charge in [-0.2, -0.15) is 0 Å². The number of nitrogens with two attached hydrogens (primary N) is 1. The van der Waals surface area contributed by atoms with Crippen LogP contribution in [0.5, 0.6) is 0 Å². The number of carbonyl (C=O) groups is 1. The Hall–Kier alpha value is -0.960. The van der Waals surface area contributed by atoms with Crippen LogP contribution in [0.4, 0.5) is 0 Å². The summed E-state index contributed by atoms with van der Waals surface area (Å²) >= 11 is 1.17. The second-order valence-corrected chi connectivity index (χ2v) is 7.42. The van der Waals surface area contributed by atoms with E-state index < -0.39 is 10.0 Å². The van der Waals surface area contributed by atoms with E-state index in [4.69, 9.17) is 5.14 Å². The molecular formula is C11H17N3O3S2. The van der Waals surface area contributed by atoms with E-state index in [1.54, 1.807) is 18.9 Å². The smallest absolute Gasteiger partial charge is 0.264 e. The lowest BCUT2D eigenvalue weighted by atomic mass is 10.2. The minimum atomic E-state index is -3.76. The SMILES string of the molecule is Cc1sc(C(=O)N(C)C2CCNC2)cc1S(N)(=O)=O. The van der Waals surface area contributed by atoms with E-state index in [1.807, 2.05) is 0 Å². The third-order valence-corrected chi connectivity index (χ3v) is 5.50. The van der Waals surface area contributed by atoms with Gasteiger partial charge in [0.05, 0.1) is 9.77 Å². The molecule has 1 fully saturated rings. The number of nitrogens with one attached hydrogen (secondary N) is 1. The van der Waals surface area contributed by atoms with E-state index >= 15 is 0 Å². The van der Waals surface area contributed by atoms with Crippen molar-refractivity contribution in [3.8, 4) is 0 Å². The van der Waals surface area contributed by atoms with E-state index in [0.29, 0.717) is 9.75 Å². The molecule has 0 spiro atoms. The Morgan fingerprint density at radius 2 is 2.26 bits per heavy atom. The highest BCUT2D eigenvalue weighted by Gasteiger charge is 2.26. The number of rotatable bonds is 3.